The van der Waals surface area contributed by atoms with Crippen LogP contribution in [-0.2, 0) is 0 Å². The average molecular weight is 161 g/mol. The van der Waals surface area contributed by atoms with E-state index in [0.29, 0.717) is 5.39 Å². The van der Waals surface area contributed by atoms with Crippen LogP contribution < -0.4 is 5.59 Å². The normalized spacial score (nSPS) is 10.5. The molecule has 0 bridgehead atoms. The summed E-state index contributed by atoms with van der Waals surface area (Å²) in [5.41, 5.74) is 1.55. The standard InChI is InChI=1S/C8H7BFN2/c1-9-8-7-5(2-3-11-7)6(10)4-12-8/h2-4,11H,1H3. The van der Waals surface area contributed by atoms with Gasteiger partial charge in [0.05, 0.1) is 11.7 Å². The summed E-state index contributed by atoms with van der Waals surface area (Å²) in [4.78, 5) is 6.88. The molecule has 0 amide bonds. The van der Waals surface area contributed by atoms with Gasteiger partial charge in [-0.3, -0.25) is 4.98 Å². The van der Waals surface area contributed by atoms with E-state index in [0.717, 1.165) is 11.1 Å². The first kappa shape index (κ1) is 7.34. The maximum absolute atomic E-state index is 13.0. The van der Waals surface area contributed by atoms with Gasteiger partial charge in [0, 0.05) is 17.2 Å². The second-order valence-corrected chi connectivity index (χ2v) is 2.55. The van der Waals surface area contributed by atoms with Crippen molar-refractivity contribution in [2.75, 3.05) is 0 Å². The molecule has 2 heterocycles. The molecule has 0 spiro atoms. The highest BCUT2D eigenvalue weighted by atomic mass is 19.1. The molecule has 0 saturated heterocycles. The van der Waals surface area contributed by atoms with Gasteiger partial charge in [0.15, 0.2) is 13.1 Å². The van der Waals surface area contributed by atoms with Crippen LogP contribution in [0.15, 0.2) is 18.5 Å². The van der Waals surface area contributed by atoms with Crippen LogP contribution in [-0.4, -0.2) is 17.2 Å². The number of H-pyrrole nitrogens is 1. The molecule has 0 atom stereocenters. The molecular weight excluding hydrogens is 154 g/mol. The van der Waals surface area contributed by atoms with Gasteiger partial charge in [-0.25, -0.2) is 4.39 Å². The molecule has 0 saturated carbocycles. The van der Waals surface area contributed by atoms with Gasteiger partial charge in [0.2, 0.25) is 0 Å². The minimum Gasteiger partial charge on any atom is -0.360 e. The predicted molar refractivity (Wildman–Crippen MR) is 47.3 cm³/mol. The molecule has 0 aromatic carbocycles. The lowest BCUT2D eigenvalue weighted by atomic mass is 9.77. The SMILES string of the molecule is C[B]c1ncc(F)c2cc[nH]c12. The number of fused-ring (bicyclic) bond motifs is 1. The fourth-order valence-corrected chi connectivity index (χ4v) is 1.26. The maximum atomic E-state index is 13.0. The van der Waals surface area contributed by atoms with Crippen LogP contribution >= 0.6 is 0 Å². The summed E-state index contributed by atoms with van der Waals surface area (Å²) in [5.74, 6) is -0.281. The Labute approximate surface area is 70.1 Å². The molecule has 2 rings (SSSR count). The molecule has 59 valence electrons. The van der Waals surface area contributed by atoms with Crippen molar-refractivity contribution in [2.24, 2.45) is 0 Å². The van der Waals surface area contributed by atoms with Crippen molar-refractivity contribution in [3.8, 4) is 0 Å². The molecule has 1 radical (unpaired) electrons. The third kappa shape index (κ3) is 0.914. The summed E-state index contributed by atoms with van der Waals surface area (Å²) >= 11 is 0. The number of hydrogen-bond donors (Lipinski definition) is 1. The Morgan fingerprint density at radius 3 is 3.17 bits per heavy atom. The molecule has 2 aromatic rings. The maximum Gasteiger partial charge on any atom is 0.177 e. The predicted octanol–water partition coefficient (Wildman–Crippen LogP) is 1.08. The Hall–Kier alpha value is -1.32. The Morgan fingerprint density at radius 1 is 1.58 bits per heavy atom. The lowest BCUT2D eigenvalue weighted by Gasteiger charge is -1.97. The van der Waals surface area contributed by atoms with Gasteiger partial charge in [0.25, 0.3) is 0 Å². The van der Waals surface area contributed by atoms with E-state index in [4.69, 9.17) is 0 Å². The van der Waals surface area contributed by atoms with E-state index in [1.807, 2.05) is 14.1 Å². The number of nitrogens with one attached hydrogen (secondary N) is 1. The summed E-state index contributed by atoms with van der Waals surface area (Å²) in [7, 11) is 1.85. The van der Waals surface area contributed by atoms with E-state index in [1.165, 1.54) is 6.20 Å². The topological polar surface area (TPSA) is 28.7 Å². The summed E-state index contributed by atoms with van der Waals surface area (Å²) in [5, 5.41) is 0.595. The van der Waals surface area contributed by atoms with E-state index in [-0.39, 0.29) is 5.82 Å². The van der Waals surface area contributed by atoms with Crippen molar-refractivity contribution in [3.63, 3.8) is 0 Å². The lowest BCUT2D eigenvalue weighted by molar-refractivity contribution is 0.635. The zero-order chi connectivity index (χ0) is 8.55. The third-order valence-electron chi connectivity index (χ3n) is 1.85. The summed E-state index contributed by atoms with van der Waals surface area (Å²) in [6.45, 7) is 1.88. The van der Waals surface area contributed by atoms with Gasteiger partial charge < -0.3 is 4.98 Å². The van der Waals surface area contributed by atoms with E-state index >= 15 is 0 Å². The largest absolute Gasteiger partial charge is 0.360 e. The summed E-state index contributed by atoms with van der Waals surface area (Å²) < 4.78 is 13.0. The smallest absolute Gasteiger partial charge is 0.177 e. The quantitative estimate of drug-likeness (QED) is 0.622. The van der Waals surface area contributed by atoms with E-state index in [1.54, 1.807) is 12.3 Å². The van der Waals surface area contributed by atoms with Crippen LogP contribution in [0.2, 0.25) is 6.82 Å². The highest BCUT2D eigenvalue weighted by Gasteiger charge is 2.05. The van der Waals surface area contributed by atoms with Gasteiger partial charge in [0.1, 0.15) is 0 Å². The molecule has 12 heavy (non-hydrogen) atoms. The van der Waals surface area contributed by atoms with Crippen molar-refractivity contribution in [2.45, 2.75) is 6.82 Å². The van der Waals surface area contributed by atoms with Crippen molar-refractivity contribution >= 4 is 23.8 Å². The van der Waals surface area contributed by atoms with Gasteiger partial charge in [-0.1, -0.05) is 6.82 Å². The highest BCUT2D eigenvalue weighted by Crippen LogP contribution is 2.11. The molecular formula is C8H7BFN2. The number of aromatic nitrogens is 2. The fraction of sp³-hybridized carbons (Fsp3) is 0.125. The summed E-state index contributed by atoms with van der Waals surface area (Å²) in [6, 6.07) is 1.71. The molecule has 0 aliphatic rings. The average Bonchev–Trinajstić information content (AvgIpc) is 2.54. The monoisotopic (exact) mass is 161 g/mol. The number of halogens is 1. The van der Waals surface area contributed by atoms with Gasteiger partial charge in [-0.05, 0) is 6.07 Å². The van der Waals surface area contributed by atoms with E-state index < -0.39 is 0 Å². The van der Waals surface area contributed by atoms with Crippen LogP contribution in [0.1, 0.15) is 0 Å². The van der Waals surface area contributed by atoms with E-state index in [9.17, 15) is 4.39 Å². The molecule has 1 N–H and O–H groups in total. The number of rotatable bonds is 1. The summed E-state index contributed by atoms with van der Waals surface area (Å²) in [6.07, 6.45) is 2.95. The van der Waals surface area contributed by atoms with Crippen LogP contribution in [0.25, 0.3) is 10.9 Å². The molecule has 2 aromatic heterocycles. The third-order valence-corrected chi connectivity index (χ3v) is 1.85. The van der Waals surface area contributed by atoms with Crippen LogP contribution in [0.5, 0.6) is 0 Å². The molecule has 0 aliphatic heterocycles. The fourth-order valence-electron chi connectivity index (χ4n) is 1.26. The van der Waals surface area contributed by atoms with Gasteiger partial charge in [-0.15, -0.1) is 0 Å². The van der Waals surface area contributed by atoms with Crippen molar-refractivity contribution in [1.29, 1.82) is 0 Å². The van der Waals surface area contributed by atoms with Crippen molar-refractivity contribution < 1.29 is 4.39 Å². The minimum atomic E-state index is -0.281. The van der Waals surface area contributed by atoms with Gasteiger partial charge in [-0.2, -0.15) is 0 Å². The Kier molecular flexibility index (Phi) is 1.61. The lowest BCUT2D eigenvalue weighted by Crippen LogP contribution is -2.16. The first-order chi connectivity index (χ1) is 5.83. The number of aromatic amines is 1. The van der Waals surface area contributed by atoms with Crippen LogP contribution in [0.4, 0.5) is 4.39 Å². The molecule has 0 fully saturated rings. The molecule has 4 heteroatoms. The van der Waals surface area contributed by atoms with Crippen LogP contribution in [0, 0.1) is 5.82 Å². The number of hydrogen-bond acceptors (Lipinski definition) is 1. The molecule has 0 unspecified atom stereocenters. The zero-order valence-corrected chi connectivity index (χ0v) is 6.63. The second-order valence-electron chi connectivity index (χ2n) is 2.55. The molecule has 0 aliphatic carbocycles. The Balaban J connectivity index is 2.82. The molecule has 2 nitrogen and oxygen atoms in total. The zero-order valence-electron chi connectivity index (χ0n) is 6.63. The second kappa shape index (κ2) is 2.62. The van der Waals surface area contributed by atoms with Crippen molar-refractivity contribution in [1.82, 2.24) is 9.97 Å². The minimum absolute atomic E-state index is 0.281. The first-order valence-corrected chi connectivity index (χ1v) is 3.74. The van der Waals surface area contributed by atoms with Gasteiger partial charge >= 0.3 is 0 Å². The Morgan fingerprint density at radius 2 is 2.42 bits per heavy atom. The highest BCUT2D eigenvalue weighted by molar-refractivity contribution is 6.54. The van der Waals surface area contributed by atoms with Crippen LogP contribution in [0.3, 0.4) is 0 Å². The number of nitrogens with zero attached hydrogens (tertiary/aromatic N) is 1. The first-order valence-electron chi connectivity index (χ1n) is 3.74. The van der Waals surface area contributed by atoms with Crippen molar-refractivity contribution in [3.05, 3.63) is 24.3 Å². The number of pyridine rings is 1. The van der Waals surface area contributed by atoms with E-state index in [2.05, 4.69) is 9.97 Å². The Bertz CT molecular complexity index is 410.